The lowest BCUT2D eigenvalue weighted by Gasteiger charge is -2.07. The maximum absolute atomic E-state index is 11.7. The molecule has 0 aliphatic rings. The van der Waals surface area contributed by atoms with Crippen LogP contribution in [-0.4, -0.2) is 16.8 Å². The predicted octanol–water partition coefficient (Wildman–Crippen LogP) is 3.76. The molecule has 0 radical (unpaired) electrons. The van der Waals surface area contributed by atoms with Crippen molar-refractivity contribution in [2.75, 3.05) is 0 Å². The molecule has 2 N–H and O–H groups in total. The van der Waals surface area contributed by atoms with E-state index in [4.69, 9.17) is 0 Å². The maximum atomic E-state index is 11.7. The first-order valence-corrected chi connectivity index (χ1v) is 8.73. The van der Waals surface area contributed by atoms with Crippen LogP contribution in [0.25, 0.3) is 0 Å². The Balaban J connectivity index is 1.97. The fourth-order valence-electron chi connectivity index (χ4n) is 2.35. The third-order valence-electron chi connectivity index (χ3n) is 3.75. The lowest BCUT2D eigenvalue weighted by Crippen LogP contribution is -2.41. The highest BCUT2D eigenvalue weighted by Crippen LogP contribution is 2.10. The Morgan fingerprint density at radius 3 is 2.22 bits per heavy atom. The molecule has 0 aliphatic carbocycles. The summed E-state index contributed by atoms with van der Waals surface area (Å²) >= 11 is 0. The molecule has 1 rings (SSSR count). The minimum absolute atomic E-state index is 0.148. The molecular weight excluding hydrogens is 290 g/mol. The lowest BCUT2D eigenvalue weighted by molar-refractivity contribution is -0.122. The van der Waals surface area contributed by atoms with E-state index in [2.05, 4.69) is 22.8 Å². The van der Waals surface area contributed by atoms with E-state index >= 15 is 0 Å². The van der Waals surface area contributed by atoms with Gasteiger partial charge < -0.3 is 0 Å². The van der Waals surface area contributed by atoms with E-state index in [9.17, 15) is 9.59 Å². The van der Waals surface area contributed by atoms with E-state index < -0.39 is 0 Å². The minimum Gasteiger partial charge on any atom is -0.273 e. The first-order valence-electron chi connectivity index (χ1n) is 8.73. The summed E-state index contributed by atoms with van der Waals surface area (Å²) in [5.74, 6) is -0.497. The van der Waals surface area contributed by atoms with Gasteiger partial charge in [-0.15, -0.1) is 0 Å². The lowest BCUT2D eigenvalue weighted by atomic mass is 10.1. The Morgan fingerprint density at radius 2 is 1.61 bits per heavy atom. The highest BCUT2D eigenvalue weighted by molar-refractivity contribution is 5.94. The van der Waals surface area contributed by atoms with Crippen LogP contribution in [0.15, 0.2) is 24.5 Å². The molecule has 1 aromatic heterocycles. The molecule has 1 aromatic rings. The summed E-state index contributed by atoms with van der Waals surface area (Å²) in [7, 11) is 0. The second-order valence-electron chi connectivity index (χ2n) is 5.82. The van der Waals surface area contributed by atoms with Gasteiger partial charge in [-0.2, -0.15) is 0 Å². The zero-order valence-corrected chi connectivity index (χ0v) is 14.1. The SMILES string of the molecule is CCCCCCCCCCCC(=O)NNC(=O)c1cccnc1. The van der Waals surface area contributed by atoms with Crippen molar-refractivity contribution in [2.24, 2.45) is 0 Å². The average Bonchev–Trinajstić information content (AvgIpc) is 2.59. The zero-order chi connectivity index (χ0) is 16.8. The van der Waals surface area contributed by atoms with Crippen LogP contribution in [0.5, 0.6) is 0 Å². The highest BCUT2D eigenvalue weighted by atomic mass is 16.2. The standard InChI is InChI=1S/C18H29N3O2/c1-2-3-4-5-6-7-8-9-10-13-17(22)20-21-18(23)16-12-11-14-19-15-16/h11-12,14-15H,2-10,13H2,1H3,(H,20,22)(H,21,23). The summed E-state index contributed by atoms with van der Waals surface area (Å²) in [5, 5.41) is 0. The molecule has 0 saturated carbocycles. The minimum atomic E-state index is -0.349. The number of nitrogens with zero attached hydrogens (tertiary/aromatic N) is 1. The number of carbonyl (C=O) groups excluding carboxylic acids is 2. The van der Waals surface area contributed by atoms with E-state index in [-0.39, 0.29) is 11.8 Å². The van der Waals surface area contributed by atoms with E-state index in [1.807, 2.05) is 0 Å². The van der Waals surface area contributed by atoms with Gasteiger partial charge in [-0.05, 0) is 18.6 Å². The van der Waals surface area contributed by atoms with Crippen LogP contribution >= 0.6 is 0 Å². The number of nitrogens with one attached hydrogen (secondary N) is 2. The summed E-state index contributed by atoms with van der Waals surface area (Å²) in [6, 6.07) is 3.33. The molecule has 23 heavy (non-hydrogen) atoms. The molecule has 1 heterocycles. The second-order valence-corrected chi connectivity index (χ2v) is 5.82. The van der Waals surface area contributed by atoms with E-state index in [0.717, 1.165) is 12.8 Å². The van der Waals surface area contributed by atoms with Crippen LogP contribution in [0.2, 0.25) is 0 Å². The fraction of sp³-hybridized carbons (Fsp3) is 0.611. The number of unbranched alkanes of at least 4 members (excludes halogenated alkanes) is 8. The quantitative estimate of drug-likeness (QED) is 0.482. The van der Waals surface area contributed by atoms with E-state index in [1.54, 1.807) is 18.3 Å². The van der Waals surface area contributed by atoms with Crippen molar-refractivity contribution < 1.29 is 9.59 Å². The first-order chi connectivity index (χ1) is 11.2. The van der Waals surface area contributed by atoms with Gasteiger partial charge in [0.15, 0.2) is 0 Å². The molecule has 0 aliphatic heterocycles. The fourth-order valence-corrected chi connectivity index (χ4v) is 2.35. The third-order valence-corrected chi connectivity index (χ3v) is 3.75. The molecule has 0 unspecified atom stereocenters. The molecule has 0 spiro atoms. The van der Waals surface area contributed by atoms with Gasteiger partial charge in [-0.3, -0.25) is 25.4 Å². The van der Waals surface area contributed by atoms with E-state index in [1.165, 1.54) is 51.1 Å². The van der Waals surface area contributed by atoms with Crippen molar-refractivity contribution in [1.29, 1.82) is 0 Å². The molecule has 0 aromatic carbocycles. The molecule has 0 bridgehead atoms. The van der Waals surface area contributed by atoms with Crippen LogP contribution in [-0.2, 0) is 4.79 Å². The first kappa shape index (κ1) is 19.1. The van der Waals surface area contributed by atoms with Gasteiger partial charge in [-0.1, -0.05) is 58.3 Å². The summed E-state index contributed by atoms with van der Waals surface area (Å²) in [5.41, 5.74) is 5.27. The van der Waals surface area contributed by atoms with Crippen LogP contribution in [0, 0.1) is 0 Å². The van der Waals surface area contributed by atoms with Gasteiger partial charge in [0.05, 0.1) is 5.56 Å². The number of hydrogen-bond donors (Lipinski definition) is 2. The van der Waals surface area contributed by atoms with Crippen LogP contribution < -0.4 is 10.9 Å². The normalized spacial score (nSPS) is 10.3. The van der Waals surface area contributed by atoms with Gasteiger partial charge in [-0.25, -0.2) is 0 Å². The number of pyridine rings is 1. The maximum Gasteiger partial charge on any atom is 0.271 e. The van der Waals surface area contributed by atoms with Crippen molar-refractivity contribution in [3.05, 3.63) is 30.1 Å². The summed E-state index contributed by atoms with van der Waals surface area (Å²) in [4.78, 5) is 27.2. The van der Waals surface area contributed by atoms with Crippen LogP contribution in [0.1, 0.15) is 81.5 Å². The number of hydrazine groups is 1. The number of aromatic nitrogens is 1. The largest absolute Gasteiger partial charge is 0.273 e. The Hall–Kier alpha value is -1.91. The smallest absolute Gasteiger partial charge is 0.271 e. The van der Waals surface area contributed by atoms with Crippen molar-refractivity contribution in [3.63, 3.8) is 0 Å². The highest BCUT2D eigenvalue weighted by Gasteiger charge is 2.06. The van der Waals surface area contributed by atoms with Crippen LogP contribution in [0.3, 0.4) is 0 Å². The number of carbonyl (C=O) groups is 2. The number of amides is 2. The van der Waals surface area contributed by atoms with Gasteiger partial charge in [0.25, 0.3) is 5.91 Å². The Bertz CT molecular complexity index is 449. The third kappa shape index (κ3) is 9.66. The second kappa shape index (κ2) is 12.6. The average molecular weight is 319 g/mol. The molecule has 128 valence electrons. The van der Waals surface area contributed by atoms with E-state index in [0.29, 0.717) is 12.0 Å². The molecule has 0 atom stereocenters. The summed E-state index contributed by atoms with van der Waals surface area (Å²) in [6.45, 7) is 2.23. The molecule has 5 heteroatoms. The van der Waals surface area contributed by atoms with Crippen molar-refractivity contribution in [2.45, 2.75) is 71.1 Å². The molecule has 5 nitrogen and oxygen atoms in total. The molecular formula is C18H29N3O2. The topological polar surface area (TPSA) is 71.1 Å². The van der Waals surface area contributed by atoms with Crippen molar-refractivity contribution in [1.82, 2.24) is 15.8 Å². The summed E-state index contributed by atoms with van der Waals surface area (Å²) in [6.07, 6.45) is 14.5. The zero-order valence-electron chi connectivity index (χ0n) is 14.1. The van der Waals surface area contributed by atoms with Gasteiger partial charge in [0.2, 0.25) is 5.91 Å². The monoisotopic (exact) mass is 319 g/mol. The molecule has 0 saturated heterocycles. The Kier molecular flexibility index (Phi) is 10.5. The molecule has 2 amide bonds. The Morgan fingerprint density at radius 1 is 0.957 bits per heavy atom. The van der Waals surface area contributed by atoms with Gasteiger partial charge in [0, 0.05) is 18.8 Å². The van der Waals surface area contributed by atoms with Crippen LogP contribution in [0.4, 0.5) is 0 Å². The molecule has 0 fully saturated rings. The predicted molar refractivity (Wildman–Crippen MR) is 91.7 cm³/mol. The Labute approximate surface area is 139 Å². The van der Waals surface area contributed by atoms with Crippen molar-refractivity contribution in [3.8, 4) is 0 Å². The summed E-state index contributed by atoms with van der Waals surface area (Å²) < 4.78 is 0. The van der Waals surface area contributed by atoms with Crippen molar-refractivity contribution >= 4 is 11.8 Å². The van der Waals surface area contributed by atoms with Gasteiger partial charge in [0.1, 0.15) is 0 Å². The van der Waals surface area contributed by atoms with Gasteiger partial charge >= 0.3 is 0 Å². The number of rotatable bonds is 11. The number of hydrogen-bond acceptors (Lipinski definition) is 3.